The summed E-state index contributed by atoms with van der Waals surface area (Å²) in [6, 6.07) is 7.51. The van der Waals surface area contributed by atoms with E-state index in [1.54, 1.807) is 25.1 Å². The standard InChI is InChI=1S/C16H22N2O2S2/c1-5-10-17-14(16(2,3)22-15(17)21)18(19)11-12-8-6-7-9-13(12)20-4/h6-9,11,14H,5,10H2,1-4H3/b18-11-/t14-/m1/s1. The molecule has 1 atom stereocenters. The molecule has 6 heteroatoms. The van der Waals surface area contributed by atoms with Gasteiger partial charge < -0.3 is 9.94 Å². The van der Waals surface area contributed by atoms with Gasteiger partial charge in [0.25, 0.3) is 6.17 Å². The molecule has 2 rings (SSSR count). The highest BCUT2D eigenvalue weighted by atomic mass is 32.2. The fraction of sp³-hybridized carbons (Fsp3) is 0.500. The molecule has 1 aliphatic heterocycles. The number of ether oxygens (including phenoxy) is 1. The van der Waals surface area contributed by atoms with E-state index in [9.17, 15) is 5.21 Å². The summed E-state index contributed by atoms with van der Waals surface area (Å²) < 4.78 is 6.87. The molecule has 0 aliphatic carbocycles. The van der Waals surface area contributed by atoms with E-state index < -0.39 is 0 Å². The van der Waals surface area contributed by atoms with Gasteiger partial charge in [0.1, 0.15) is 14.8 Å². The van der Waals surface area contributed by atoms with Crippen LogP contribution in [0.3, 0.4) is 0 Å². The quantitative estimate of drug-likeness (QED) is 0.270. The average molecular weight is 338 g/mol. The van der Waals surface area contributed by atoms with Crippen LogP contribution in [0.4, 0.5) is 0 Å². The third kappa shape index (κ3) is 3.38. The Morgan fingerprint density at radius 2 is 2.14 bits per heavy atom. The van der Waals surface area contributed by atoms with Crippen LogP contribution in [0.2, 0.25) is 0 Å². The van der Waals surface area contributed by atoms with Crippen molar-refractivity contribution in [1.82, 2.24) is 4.90 Å². The molecule has 0 unspecified atom stereocenters. The van der Waals surface area contributed by atoms with Crippen molar-refractivity contribution in [2.45, 2.75) is 38.1 Å². The molecular weight excluding hydrogens is 316 g/mol. The average Bonchev–Trinajstić information content (AvgIpc) is 2.69. The second-order valence-corrected chi connectivity index (χ2v) is 8.06. The smallest absolute Gasteiger partial charge is 0.254 e. The van der Waals surface area contributed by atoms with Crippen molar-refractivity contribution < 1.29 is 9.48 Å². The van der Waals surface area contributed by atoms with Gasteiger partial charge in [0, 0.05) is 6.54 Å². The molecule has 4 nitrogen and oxygen atoms in total. The number of methoxy groups -OCH3 is 1. The van der Waals surface area contributed by atoms with E-state index in [2.05, 4.69) is 20.8 Å². The van der Waals surface area contributed by atoms with E-state index in [1.807, 2.05) is 29.2 Å². The van der Waals surface area contributed by atoms with Crippen LogP contribution in [0.25, 0.3) is 0 Å². The molecular formula is C16H22N2O2S2. The van der Waals surface area contributed by atoms with Crippen molar-refractivity contribution in [3.8, 4) is 5.75 Å². The monoisotopic (exact) mass is 338 g/mol. The third-order valence-corrected chi connectivity index (χ3v) is 5.24. The fourth-order valence-corrected chi connectivity index (χ4v) is 4.62. The van der Waals surface area contributed by atoms with Crippen molar-refractivity contribution in [2.75, 3.05) is 13.7 Å². The number of hydrogen-bond donors (Lipinski definition) is 0. The molecule has 0 spiro atoms. The summed E-state index contributed by atoms with van der Waals surface area (Å²) in [4.78, 5) is 2.03. The molecule has 0 bridgehead atoms. The number of thiocarbonyl (C=S) groups is 1. The minimum Gasteiger partial charge on any atom is -0.622 e. The Balaban J connectivity index is 2.38. The minimum absolute atomic E-state index is 0.257. The highest BCUT2D eigenvalue weighted by molar-refractivity contribution is 8.24. The summed E-state index contributed by atoms with van der Waals surface area (Å²) in [5.74, 6) is 0.691. The molecule has 1 aromatic carbocycles. The first-order chi connectivity index (χ1) is 10.4. The number of hydroxylamine groups is 1. The Bertz CT molecular complexity index is 587. The summed E-state index contributed by atoms with van der Waals surface area (Å²) in [6.45, 7) is 7.00. The Morgan fingerprint density at radius 3 is 2.77 bits per heavy atom. The second-order valence-electron chi connectivity index (χ2n) is 5.77. The fourth-order valence-electron chi connectivity index (χ4n) is 2.69. The summed E-state index contributed by atoms with van der Waals surface area (Å²) in [5.41, 5.74) is 0.773. The Morgan fingerprint density at radius 1 is 1.45 bits per heavy atom. The van der Waals surface area contributed by atoms with Crippen LogP contribution in [-0.4, -0.2) is 44.7 Å². The van der Waals surface area contributed by atoms with Crippen LogP contribution >= 0.6 is 24.0 Å². The zero-order valence-electron chi connectivity index (χ0n) is 13.4. The van der Waals surface area contributed by atoms with Gasteiger partial charge in [-0.05, 0) is 32.4 Å². The van der Waals surface area contributed by atoms with Crippen molar-refractivity contribution in [1.29, 1.82) is 0 Å². The van der Waals surface area contributed by atoms with E-state index in [1.165, 1.54) is 0 Å². The van der Waals surface area contributed by atoms with E-state index >= 15 is 0 Å². The van der Waals surface area contributed by atoms with Crippen LogP contribution in [0.1, 0.15) is 32.8 Å². The first-order valence-electron chi connectivity index (χ1n) is 7.33. The molecule has 1 heterocycles. The molecule has 1 saturated heterocycles. The number of rotatable bonds is 5. The lowest BCUT2D eigenvalue weighted by Crippen LogP contribution is -2.48. The first-order valence-corrected chi connectivity index (χ1v) is 8.56. The number of hydrogen-bond acceptors (Lipinski definition) is 4. The van der Waals surface area contributed by atoms with Crippen molar-refractivity contribution in [2.24, 2.45) is 0 Å². The van der Waals surface area contributed by atoms with Crippen molar-refractivity contribution in [3.63, 3.8) is 0 Å². The Hall–Kier alpha value is -1.27. The predicted molar refractivity (Wildman–Crippen MR) is 96.8 cm³/mol. The molecule has 0 radical (unpaired) electrons. The van der Waals surface area contributed by atoms with E-state index in [-0.39, 0.29) is 10.9 Å². The van der Waals surface area contributed by atoms with Crippen molar-refractivity contribution >= 4 is 34.5 Å². The maximum absolute atomic E-state index is 12.8. The molecule has 22 heavy (non-hydrogen) atoms. The molecule has 0 aromatic heterocycles. The van der Waals surface area contributed by atoms with Crippen LogP contribution < -0.4 is 4.74 Å². The van der Waals surface area contributed by atoms with Crippen LogP contribution in [-0.2, 0) is 0 Å². The van der Waals surface area contributed by atoms with Crippen LogP contribution in [0.15, 0.2) is 24.3 Å². The summed E-state index contributed by atoms with van der Waals surface area (Å²) >= 11 is 7.04. The Kier molecular flexibility index (Phi) is 5.34. The topological polar surface area (TPSA) is 38.5 Å². The van der Waals surface area contributed by atoms with Crippen LogP contribution in [0, 0.1) is 5.21 Å². The molecule has 1 aromatic rings. The zero-order chi connectivity index (χ0) is 16.3. The van der Waals surface area contributed by atoms with Gasteiger partial charge in [0.05, 0.1) is 12.7 Å². The van der Waals surface area contributed by atoms with Crippen molar-refractivity contribution in [3.05, 3.63) is 35.0 Å². The Labute approximate surface area is 141 Å². The number of nitrogens with zero attached hydrogens (tertiary/aromatic N) is 2. The molecule has 0 saturated carbocycles. The van der Waals surface area contributed by atoms with Gasteiger partial charge in [-0.25, -0.2) is 0 Å². The maximum atomic E-state index is 12.8. The second kappa shape index (κ2) is 6.87. The van der Waals surface area contributed by atoms with Gasteiger partial charge in [-0.15, -0.1) is 0 Å². The molecule has 120 valence electrons. The largest absolute Gasteiger partial charge is 0.622 e. The summed E-state index contributed by atoms with van der Waals surface area (Å²) in [5, 5.41) is 12.8. The van der Waals surface area contributed by atoms with Gasteiger partial charge >= 0.3 is 0 Å². The maximum Gasteiger partial charge on any atom is 0.254 e. The lowest BCUT2D eigenvalue weighted by atomic mass is 10.1. The van der Waals surface area contributed by atoms with E-state index in [4.69, 9.17) is 17.0 Å². The predicted octanol–water partition coefficient (Wildman–Crippen LogP) is 3.47. The number of para-hydroxylation sites is 1. The van der Waals surface area contributed by atoms with Gasteiger partial charge in [-0.2, -0.15) is 4.74 Å². The zero-order valence-corrected chi connectivity index (χ0v) is 15.0. The summed E-state index contributed by atoms with van der Waals surface area (Å²) in [7, 11) is 1.61. The highest BCUT2D eigenvalue weighted by Gasteiger charge is 2.50. The lowest BCUT2D eigenvalue weighted by molar-refractivity contribution is -0.523. The molecule has 0 N–H and O–H groups in total. The lowest BCUT2D eigenvalue weighted by Gasteiger charge is -2.29. The number of benzene rings is 1. The van der Waals surface area contributed by atoms with Crippen LogP contribution in [0.5, 0.6) is 5.75 Å². The number of thioether (sulfide) groups is 1. The van der Waals surface area contributed by atoms with Gasteiger partial charge in [0.2, 0.25) is 0 Å². The SMILES string of the molecule is CCCN1C(=S)SC(C)(C)[C@H]1/[N+]([O-])=C/c1ccccc1OC. The molecule has 0 amide bonds. The van der Waals surface area contributed by atoms with E-state index in [0.29, 0.717) is 5.75 Å². The normalized spacial score (nSPS) is 21.3. The highest BCUT2D eigenvalue weighted by Crippen LogP contribution is 2.41. The molecule has 1 fully saturated rings. The summed E-state index contributed by atoms with van der Waals surface area (Å²) in [6.07, 6.45) is 2.24. The first kappa shape index (κ1) is 17.1. The third-order valence-electron chi connectivity index (χ3n) is 3.61. The molecule has 1 aliphatic rings. The van der Waals surface area contributed by atoms with Gasteiger partial charge in [-0.1, -0.05) is 43.0 Å². The van der Waals surface area contributed by atoms with E-state index in [0.717, 1.165) is 27.6 Å². The van der Waals surface area contributed by atoms with Gasteiger partial charge in [-0.3, -0.25) is 4.90 Å². The van der Waals surface area contributed by atoms with Gasteiger partial charge in [0.15, 0.2) is 6.21 Å². The minimum atomic E-state index is -0.310.